The van der Waals surface area contributed by atoms with Gasteiger partial charge in [0.05, 0.1) is 0 Å². The van der Waals surface area contributed by atoms with Crippen molar-refractivity contribution in [1.82, 2.24) is 0 Å². The number of para-hydroxylation sites is 1. The van der Waals surface area contributed by atoms with Crippen LogP contribution >= 0.6 is 0 Å². The first kappa shape index (κ1) is 28.2. The van der Waals surface area contributed by atoms with E-state index in [1.165, 1.54) is 81.9 Å². The molecule has 51 heavy (non-hydrogen) atoms. The molecule has 11 rings (SSSR count). The minimum absolute atomic E-state index is 0.917. The zero-order valence-corrected chi connectivity index (χ0v) is 27.7. The highest BCUT2D eigenvalue weighted by atomic mass is 16.3. The monoisotopic (exact) mass is 646 g/mol. The molecular weight excluding hydrogens is 617 g/mol. The van der Waals surface area contributed by atoms with E-state index in [2.05, 4.69) is 176 Å². The van der Waals surface area contributed by atoms with Gasteiger partial charge in [-0.25, -0.2) is 0 Å². The summed E-state index contributed by atoms with van der Waals surface area (Å²) in [5, 5.41) is 14.7. The lowest BCUT2D eigenvalue weighted by Crippen LogP contribution is -1.92. The highest BCUT2D eigenvalue weighted by Gasteiger charge is 2.20. The van der Waals surface area contributed by atoms with Crippen molar-refractivity contribution in [1.29, 1.82) is 0 Å². The number of rotatable bonds is 3. The summed E-state index contributed by atoms with van der Waals surface area (Å²) >= 11 is 0. The summed E-state index contributed by atoms with van der Waals surface area (Å²) in [7, 11) is 0. The quantitative estimate of drug-likeness (QED) is 0.138. The fraction of sp³-hybridized carbons (Fsp3) is 0. The Bertz CT molecular complexity index is 3140. The number of hydrogen-bond donors (Lipinski definition) is 0. The third kappa shape index (κ3) is 4.16. The molecule has 0 bridgehead atoms. The van der Waals surface area contributed by atoms with Crippen molar-refractivity contribution in [3.8, 4) is 33.4 Å². The Hall–Kier alpha value is -6.70. The summed E-state index contributed by atoms with van der Waals surface area (Å²) < 4.78 is 6.44. The van der Waals surface area contributed by atoms with E-state index in [1.807, 2.05) is 6.07 Å². The maximum absolute atomic E-state index is 6.44. The molecule has 236 valence electrons. The topological polar surface area (TPSA) is 13.1 Å². The fourth-order valence-electron chi connectivity index (χ4n) is 8.62. The van der Waals surface area contributed by atoms with Crippen LogP contribution < -0.4 is 0 Å². The first-order valence-corrected chi connectivity index (χ1v) is 17.6. The Balaban J connectivity index is 1.21. The Morgan fingerprint density at radius 1 is 0.275 bits per heavy atom. The van der Waals surface area contributed by atoms with E-state index in [0.29, 0.717) is 0 Å². The van der Waals surface area contributed by atoms with Crippen LogP contribution in [0.1, 0.15) is 0 Å². The van der Waals surface area contributed by atoms with Crippen LogP contribution in [0.4, 0.5) is 0 Å². The molecule has 1 aromatic heterocycles. The third-order valence-corrected chi connectivity index (χ3v) is 10.8. The van der Waals surface area contributed by atoms with Gasteiger partial charge in [-0.15, -0.1) is 0 Å². The lowest BCUT2D eigenvalue weighted by atomic mass is 9.83. The molecule has 0 saturated carbocycles. The van der Waals surface area contributed by atoms with Gasteiger partial charge in [-0.3, -0.25) is 0 Å². The second kappa shape index (κ2) is 10.9. The summed E-state index contributed by atoms with van der Waals surface area (Å²) in [4.78, 5) is 0. The molecule has 0 aliphatic rings. The third-order valence-electron chi connectivity index (χ3n) is 10.8. The van der Waals surface area contributed by atoms with E-state index in [4.69, 9.17) is 4.42 Å². The maximum atomic E-state index is 6.44. The summed E-state index contributed by atoms with van der Waals surface area (Å²) in [6.07, 6.45) is 0. The highest BCUT2D eigenvalue weighted by molar-refractivity contribution is 6.26. The molecule has 0 aliphatic carbocycles. The van der Waals surface area contributed by atoms with Crippen LogP contribution in [0.3, 0.4) is 0 Å². The van der Waals surface area contributed by atoms with Gasteiger partial charge in [0.1, 0.15) is 11.2 Å². The van der Waals surface area contributed by atoms with Gasteiger partial charge in [0.2, 0.25) is 0 Å². The van der Waals surface area contributed by atoms with Crippen LogP contribution in [-0.4, -0.2) is 0 Å². The van der Waals surface area contributed by atoms with E-state index >= 15 is 0 Å². The van der Waals surface area contributed by atoms with Gasteiger partial charge in [-0.2, -0.15) is 0 Å². The Morgan fingerprint density at radius 2 is 0.784 bits per heavy atom. The summed E-state index contributed by atoms with van der Waals surface area (Å²) in [6.45, 7) is 0. The van der Waals surface area contributed by atoms with Gasteiger partial charge in [-0.1, -0.05) is 158 Å². The van der Waals surface area contributed by atoms with Gasteiger partial charge < -0.3 is 4.42 Å². The van der Waals surface area contributed by atoms with E-state index in [0.717, 1.165) is 27.3 Å². The van der Waals surface area contributed by atoms with Crippen LogP contribution in [0, 0.1) is 0 Å². The first-order valence-electron chi connectivity index (χ1n) is 17.6. The molecule has 0 saturated heterocycles. The first-order chi connectivity index (χ1) is 25.3. The van der Waals surface area contributed by atoms with Crippen LogP contribution in [0.25, 0.3) is 109 Å². The molecule has 0 amide bonds. The molecular formula is C50H30O. The van der Waals surface area contributed by atoms with E-state index in [-0.39, 0.29) is 0 Å². The van der Waals surface area contributed by atoms with Crippen molar-refractivity contribution in [3.63, 3.8) is 0 Å². The van der Waals surface area contributed by atoms with Crippen LogP contribution in [0.2, 0.25) is 0 Å². The van der Waals surface area contributed by atoms with E-state index in [1.54, 1.807) is 0 Å². The van der Waals surface area contributed by atoms with Crippen molar-refractivity contribution >= 4 is 75.8 Å². The largest absolute Gasteiger partial charge is 0.455 e. The maximum Gasteiger partial charge on any atom is 0.143 e. The average molecular weight is 647 g/mol. The SMILES string of the molecule is c1cc(-c2c3ccccc3c(-c3cc4ccccc4c4ccccc34)c3ccccc23)cc(-c2cc3c4ccccc4oc3c3ccccc23)c1. The number of fused-ring (bicyclic) bond motifs is 10. The average Bonchev–Trinajstić information content (AvgIpc) is 3.58. The minimum atomic E-state index is 0.917. The van der Waals surface area contributed by atoms with Crippen molar-refractivity contribution in [2.75, 3.05) is 0 Å². The number of hydrogen-bond acceptors (Lipinski definition) is 1. The molecule has 1 heteroatoms. The second-order valence-corrected chi connectivity index (χ2v) is 13.6. The fourth-order valence-corrected chi connectivity index (χ4v) is 8.62. The molecule has 0 atom stereocenters. The van der Waals surface area contributed by atoms with Gasteiger partial charge in [-0.05, 0) is 106 Å². The predicted octanol–water partition coefficient (Wildman–Crippen LogP) is 14.4. The van der Waals surface area contributed by atoms with Crippen LogP contribution in [0.15, 0.2) is 186 Å². The molecule has 10 aromatic carbocycles. The molecule has 0 N–H and O–H groups in total. The number of benzene rings is 10. The molecule has 0 aliphatic heterocycles. The van der Waals surface area contributed by atoms with Crippen molar-refractivity contribution < 1.29 is 4.42 Å². The smallest absolute Gasteiger partial charge is 0.143 e. The Morgan fingerprint density at radius 3 is 1.49 bits per heavy atom. The van der Waals surface area contributed by atoms with Crippen molar-refractivity contribution in [2.24, 2.45) is 0 Å². The normalized spacial score (nSPS) is 11.9. The second-order valence-electron chi connectivity index (χ2n) is 13.6. The van der Waals surface area contributed by atoms with Crippen molar-refractivity contribution in [3.05, 3.63) is 182 Å². The standard InChI is InChI=1S/C50H30O/c1-2-17-34-32(14-1)29-45(36-19-4-3-18-35(34)36)49-41-24-8-6-22-39(41)48(40-23-7-9-25-42(40)49)33-16-13-15-31(28-33)44-30-46-38-21-11-12-27-47(38)51-50(46)43-26-10-5-20-37(43)44/h1-30H. The zero-order chi connectivity index (χ0) is 33.5. The molecule has 0 fully saturated rings. The highest BCUT2D eigenvalue weighted by Crippen LogP contribution is 2.47. The van der Waals surface area contributed by atoms with Crippen LogP contribution in [-0.2, 0) is 0 Å². The number of furan rings is 1. The van der Waals surface area contributed by atoms with E-state index in [9.17, 15) is 0 Å². The lowest BCUT2D eigenvalue weighted by molar-refractivity contribution is 0.672. The van der Waals surface area contributed by atoms with Gasteiger partial charge in [0, 0.05) is 16.2 Å². The minimum Gasteiger partial charge on any atom is -0.455 e. The predicted molar refractivity (Wildman–Crippen MR) is 218 cm³/mol. The molecule has 1 heterocycles. The summed E-state index contributed by atoms with van der Waals surface area (Å²) in [5.74, 6) is 0. The molecule has 0 radical (unpaired) electrons. The Kier molecular flexibility index (Phi) is 6.02. The Labute approximate surface area is 294 Å². The van der Waals surface area contributed by atoms with Gasteiger partial charge in [0.15, 0.2) is 0 Å². The van der Waals surface area contributed by atoms with Gasteiger partial charge in [0.25, 0.3) is 0 Å². The van der Waals surface area contributed by atoms with Gasteiger partial charge >= 0.3 is 0 Å². The zero-order valence-electron chi connectivity index (χ0n) is 27.7. The van der Waals surface area contributed by atoms with E-state index < -0.39 is 0 Å². The molecule has 0 unspecified atom stereocenters. The molecule has 11 aromatic rings. The molecule has 0 spiro atoms. The lowest BCUT2D eigenvalue weighted by Gasteiger charge is -2.20. The summed E-state index contributed by atoms with van der Waals surface area (Å²) in [6, 6.07) is 66.4. The van der Waals surface area contributed by atoms with Crippen molar-refractivity contribution in [2.45, 2.75) is 0 Å². The van der Waals surface area contributed by atoms with Crippen LogP contribution in [0.5, 0.6) is 0 Å². The molecule has 1 nitrogen and oxygen atoms in total. The summed E-state index contributed by atoms with van der Waals surface area (Å²) in [5.41, 5.74) is 9.27.